The fourth-order valence-corrected chi connectivity index (χ4v) is 2.51. The minimum Gasteiger partial charge on any atom is -0.508 e. The van der Waals surface area contributed by atoms with Gasteiger partial charge in [-0.1, -0.05) is 18.2 Å². The van der Waals surface area contributed by atoms with Crippen LogP contribution in [0.25, 0.3) is 33.1 Å². The Morgan fingerprint density at radius 1 is 0.952 bits per heavy atom. The third-order valence-corrected chi connectivity index (χ3v) is 3.54. The molecule has 0 spiro atoms. The monoisotopic (exact) mass is 277 g/mol. The third kappa shape index (κ3) is 1.89. The van der Waals surface area contributed by atoms with Crippen LogP contribution in [0.2, 0.25) is 0 Å². The average Bonchev–Trinajstić information content (AvgIpc) is 2.90. The minimum atomic E-state index is -0.431. The SMILES string of the molecule is O=c1oc2cc(O)ccc2cc1-c1cc2ccccc2[nH]1. The van der Waals surface area contributed by atoms with Gasteiger partial charge in [-0.15, -0.1) is 0 Å². The molecule has 0 fully saturated rings. The van der Waals surface area contributed by atoms with Crippen molar-refractivity contribution in [2.24, 2.45) is 0 Å². The Bertz CT molecular complexity index is 994. The van der Waals surface area contributed by atoms with Gasteiger partial charge in [0.05, 0.1) is 11.3 Å². The summed E-state index contributed by atoms with van der Waals surface area (Å²) >= 11 is 0. The number of nitrogens with one attached hydrogen (secondary N) is 1. The van der Waals surface area contributed by atoms with E-state index in [0.717, 1.165) is 22.0 Å². The van der Waals surface area contributed by atoms with Crippen LogP contribution in [-0.2, 0) is 0 Å². The predicted octanol–water partition coefficient (Wildman–Crippen LogP) is 3.65. The normalized spacial score (nSPS) is 11.2. The summed E-state index contributed by atoms with van der Waals surface area (Å²) < 4.78 is 5.29. The molecule has 0 aliphatic carbocycles. The maximum absolute atomic E-state index is 12.2. The number of phenolic OH excluding ortho intramolecular Hbond substituents is 1. The Hall–Kier alpha value is -3.01. The lowest BCUT2D eigenvalue weighted by Gasteiger charge is -2.01. The van der Waals surface area contributed by atoms with E-state index in [2.05, 4.69) is 4.98 Å². The third-order valence-electron chi connectivity index (χ3n) is 3.54. The van der Waals surface area contributed by atoms with Crippen LogP contribution in [0, 0.1) is 0 Å². The number of aromatic nitrogens is 1. The van der Waals surface area contributed by atoms with Crippen molar-refractivity contribution in [2.75, 3.05) is 0 Å². The van der Waals surface area contributed by atoms with Gasteiger partial charge in [-0.3, -0.25) is 0 Å². The van der Waals surface area contributed by atoms with Crippen LogP contribution in [0.3, 0.4) is 0 Å². The summed E-state index contributed by atoms with van der Waals surface area (Å²) in [6, 6.07) is 16.2. The number of aromatic amines is 1. The molecule has 4 heteroatoms. The number of hydrogen-bond acceptors (Lipinski definition) is 3. The maximum Gasteiger partial charge on any atom is 0.345 e. The van der Waals surface area contributed by atoms with E-state index in [0.29, 0.717) is 11.1 Å². The Morgan fingerprint density at radius 2 is 1.81 bits per heavy atom. The standard InChI is InChI=1S/C17H11NO3/c19-12-6-5-11-7-13(17(20)21-16(11)9-12)15-8-10-3-1-2-4-14(10)18-15/h1-9,18-19H. The molecule has 0 aliphatic rings. The van der Waals surface area contributed by atoms with Crippen molar-refractivity contribution in [3.8, 4) is 17.0 Å². The van der Waals surface area contributed by atoms with Gasteiger partial charge >= 0.3 is 5.63 Å². The quantitative estimate of drug-likeness (QED) is 0.522. The molecule has 4 nitrogen and oxygen atoms in total. The number of benzene rings is 2. The lowest BCUT2D eigenvalue weighted by molar-refractivity contribution is 0.473. The van der Waals surface area contributed by atoms with E-state index in [-0.39, 0.29) is 5.75 Å². The van der Waals surface area contributed by atoms with Crippen LogP contribution in [0.5, 0.6) is 5.75 Å². The van der Waals surface area contributed by atoms with E-state index in [1.807, 2.05) is 30.3 Å². The van der Waals surface area contributed by atoms with Crippen LogP contribution < -0.4 is 5.63 Å². The van der Waals surface area contributed by atoms with Crippen LogP contribution in [-0.4, -0.2) is 10.1 Å². The highest BCUT2D eigenvalue weighted by atomic mass is 16.4. The second-order valence-corrected chi connectivity index (χ2v) is 4.94. The summed E-state index contributed by atoms with van der Waals surface area (Å²) in [7, 11) is 0. The van der Waals surface area contributed by atoms with Gasteiger partial charge in [0, 0.05) is 22.4 Å². The highest BCUT2D eigenvalue weighted by Crippen LogP contribution is 2.25. The van der Waals surface area contributed by atoms with E-state index in [4.69, 9.17) is 4.42 Å². The van der Waals surface area contributed by atoms with E-state index in [1.165, 1.54) is 6.07 Å². The fraction of sp³-hybridized carbons (Fsp3) is 0. The largest absolute Gasteiger partial charge is 0.508 e. The first-order valence-corrected chi connectivity index (χ1v) is 6.56. The molecule has 2 aromatic carbocycles. The first-order valence-electron chi connectivity index (χ1n) is 6.56. The Morgan fingerprint density at radius 3 is 2.67 bits per heavy atom. The van der Waals surface area contributed by atoms with Crippen molar-refractivity contribution < 1.29 is 9.52 Å². The molecule has 2 aromatic heterocycles. The lowest BCUT2D eigenvalue weighted by Crippen LogP contribution is -2.02. The zero-order chi connectivity index (χ0) is 14.4. The predicted molar refractivity (Wildman–Crippen MR) is 81.4 cm³/mol. The Balaban J connectivity index is 1.99. The summed E-state index contributed by atoms with van der Waals surface area (Å²) in [5.74, 6) is 0.0732. The van der Waals surface area contributed by atoms with Gasteiger partial charge in [0.25, 0.3) is 0 Å². The van der Waals surface area contributed by atoms with Gasteiger partial charge in [0.15, 0.2) is 0 Å². The van der Waals surface area contributed by atoms with Gasteiger partial charge in [-0.05, 0) is 30.3 Å². The maximum atomic E-state index is 12.2. The highest BCUT2D eigenvalue weighted by molar-refractivity contribution is 5.88. The molecular formula is C17H11NO3. The van der Waals surface area contributed by atoms with E-state index in [1.54, 1.807) is 18.2 Å². The molecule has 0 amide bonds. The summed E-state index contributed by atoms with van der Waals surface area (Å²) in [6.07, 6.45) is 0. The molecule has 0 aliphatic heterocycles. The van der Waals surface area contributed by atoms with Crippen molar-refractivity contribution >= 4 is 21.9 Å². The first kappa shape index (κ1) is 11.8. The molecular weight excluding hydrogens is 266 g/mol. The van der Waals surface area contributed by atoms with Crippen molar-refractivity contribution in [1.29, 1.82) is 0 Å². The molecule has 4 rings (SSSR count). The van der Waals surface area contributed by atoms with E-state index in [9.17, 15) is 9.90 Å². The number of rotatable bonds is 1. The molecule has 0 bridgehead atoms. The topological polar surface area (TPSA) is 66.2 Å². The second-order valence-electron chi connectivity index (χ2n) is 4.94. The van der Waals surface area contributed by atoms with Crippen LogP contribution in [0.4, 0.5) is 0 Å². The van der Waals surface area contributed by atoms with E-state index >= 15 is 0 Å². The van der Waals surface area contributed by atoms with Crippen molar-refractivity contribution in [1.82, 2.24) is 4.98 Å². The van der Waals surface area contributed by atoms with Crippen LogP contribution >= 0.6 is 0 Å². The lowest BCUT2D eigenvalue weighted by atomic mass is 10.1. The van der Waals surface area contributed by atoms with Gasteiger partial charge in [0.2, 0.25) is 0 Å². The van der Waals surface area contributed by atoms with Crippen molar-refractivity contribution in [2.45, 2.75) is 0 Å². The summed E-state index contributed by atoms with van der Waals surface area (Å²) in [6.45, 7) is 0. The van der Waals surface area contributed by atoms with Gasteiger partial charge in [-0.2, -0.15) is 0 Å². The number of hydrogen-bond donors (Lipinski definition) is 2. The number of para-hydroxylation sites is 1. The smallest absolute Gasteiger partial charge is 0.345 e. The molecule has 0 atom stereocenters. The molecule has 0 radical (unpaired) electrons. The van der Waals surface area contributed by atoms with Gasteiger partial charge in [-0.25, -0.2) is 4.79 Å². The van der Waals surface area contributed by atoms with Crippen LogP contribution in [0.15, 0.2) is 63.8 Å². The summed E-state index contributed by atoms with van der Waals surface area (Å²) in [4.78, 5) is 15.4. The fourth-order valence-electron chi connectivity index (χ4n) is 2.51. The number of fused-ring (bicyclic) bond motifs is 2. The second kappa shape index (κ2) is 4.24. The number of phenols is 1. The van der Waals surface area contributed by atoms with Gasteiger partial charge in [0.1, 0.15) is 11.3 Å². The molecule has 2 heterocycles. The zero-order valence-electron chi connectivity index (χ0n) is 11.0. The molecule has 102 valence electrons. The molecule has 0 saturated heterocycles. The minimum absolute atomic E-state index is 0.0732. The van der Waals surface area contributed by atoms with Crippen molar-refractivity contribution in [3.63, 3.8) is 0 Å². The molecule has 4 aromatic rings. The first-order chi connectivity index (χ1) is 10.2. The summed E-state index contributed by atoms with van der Waals surface area (Å²) in [5.41, 5.74) is 2.11. The van der Waals surface area contributed by atoms with Crippen LogP contribution in [0.1, 0.15) is 0 Å². The molecule has 21 heavy (non-hydrogen) atoms. The Labute approximate surface area is 119 Å². The zero-order valence-corrected chi connectivity index (χ0v) is 11.0. The van der Waals surface area contributed by atoms with Gasteiger partial charge < -0.3 is 14.5 Å². The average molecular weight is 277 g/mol. The number of aromatic hydroxyl groups is 1. The summed E-state index contributed by atoms with van der Waals surface area (Å²) in [5, 5.41) is 11.2. The molecule has 0 unspecified atom stereocenters. The Kier molecular flexibility index (Phi) is 2.38. The van der Waals surface area contributed by atoms with Crippen molar-refractivity contribution in [3.05, 3.63) is 65.0 Å². The van der Waals surface area contributed by atoms with E-state index < -0.39 is 5.63 Å². The number of H-pyrrole nitrogens is 1. The molecule has 2 N–H and O–H groups in total. The molecule has 0 saturated carbocycles. The highest BCUT2D eigenvalue weighted by Gasteiger charge is 2.10.